The summed E-state index contributed by atoms with van der Waals surface area (Å²) in [5, 5.41) is 7.29. The molecule has 0 unspecified atom stereocenters. The Labute approximate surface area is 227 Å². The first-order chi connectivity index (χ1) is 16.7. The van der Waals surface area contributed by atoms with Gasteiger partial charge in [0.15, 0.2) is 0 Å². The van der Waals surface area contributed by atoms with Crippen molar-refractivity contribution in [1.29, 1.82) is 0 Å². The number of hydrogen-bond donors (Lipinski definition) is 1. The van der Waals surface area contributed by atoms with Gasteiger partial charge >= 0.3 is 0 Å². The van der Waals surface area contributed by atoms with Crippen molar-refractivity contribution >= 4 is 71.0 Å². The molecule has 0 saturated carbocycles. The zero-order chi connectivity index (χ0) is 25.1. The van der Waals surface area contributed by atoms with Gasteiger partial charge in [0, 0.05) is 31.5 Å². The van der Waals surface area contributed by atoms with Crippen molar-refractivity contribution in [2.45, 2.75) is 33.7 Å². The number of anilines is 1. The molecule has 7 heteroatoms. The molecule has 0 bridgehead atoms. The zero-order valence-electron chi connectivity index (χ0n) is 19.9. The standard InChI is InChI=1S/C19H19BrN2.C9H6BrClN2/c1-12-5-4-6-15(9-12)14(3)22-19-18-11-17(20)8-7-16(18)10-13(2)21-19;1-5-12-8-3-2-6(10)4-7(8)9(11)13-5/h4-11,14H,1-3H3,(H,21,22);2-4H,1H3/t14-;/m1./s1. The summed E-state index contributed by atoms with van der Waals surface area (Å²) < 4.78 is 2.05. The molecule has 0 fully saturated rings. The first kappa shape index (κ1) is 25.5. The first-order valence-electron chi connectivity index (χ1n) is 11.2. The maximum Gasteiger partial charge on any atom is 0.140 e. The molecule has 5 rings (SSSR count). The van der Waals surface area contributed by atoms with Gasteiger partial charge in [-0.05, 0) is 75.0 Å². The zero-order valence-corrected chi connectivity index (χ0v) is 23.8. The van der Waals surface area contributed by atoms with Crippen LogP contribution in [0.1, 0.15) is 35.6 Å². The third kappa shape index (κ3) is 6.37. The van der Waals surface area contributed by atoms with Crippen molar-refractivity contribution in [1.82, 2.24) is 15.0 Å². The minimum absolute atomic E-state index is 0.205. The Kier molecular flexibility index (Phi) is 8.05. The largest absolute Gasteiger partial charge is 0.363 e. The van der Waals surface area contributed by atoms with Gasteiger partial charge in [-0.2, -0.15) is 0 Å². The molecule has 0 spiro atoms. The quantitative estimate of drug-likeness (QED) is 0.207. The van der Waals surface area contributed by atoms with E-state index >= 15 is 0 Å². The third-order valence-electron chi connectivity index (χ3n) is 5.54. The molecule has 178 valence electrons. The van der Waals surface area contributed by atoms with Gasteiger partial charge < -0.3 is 5.32 Å². The first-order valence-corrected chi connectivity index (χ1v) is 13.2. The lowest BCUT2D eigenvalue weighted by Crippen LogP contribution is -2.09. The molecule has 5 aromatic rings. The predicted octanol–water partition coefficient (Wildman–Crippen LogP) is 9.14. The molecule has 0 radical (unpaired) electrons. The summed E-state index contributed by atoms with van der Waals surface area (Å²) in [6, 6.07) is 23.0. The smallest absolute Gasteiger partial charge is 0.140 e. The number of halogens is 3. The normalized spacial score (nSPS) is 11.7. The molecular formula is C28H25Br2ClN4. The van der Waals surface area contributed by atoms with Gasteiger partial charge in [-0.1, -0.05) is 79.4 Å². The summed E-state index contributed by atoms with van der Waals surface area (Å²) in [6.45, 7) is 8.15. The van der Waals surface area contributed by atoms with Crippen molar-refractivity contribution in [3.8, 4) is 0 Å². The molecular weight excluding hydrogens is 588 g/mol. The molecule has 0 saturated heterocycles. The Morgan fingerprint density at radius 3 is 2.26 bits per heavy atom. The number of hydrogen-bond acceptors (Lipinski definition) is 4. The highest BCUT2D eigenvalue weighted by atomic mass is 79.9. The SMILES string of the molecule is Cc1cccc([C@@H](C)Nc2nc(C)cc3ccc(Br)cc23)c1.Cc1nc(Cl)c2cc(Br)ccc2n1. The van der Waals surface area contributed by atoms with Crippen molar-refractivity contribution in [3.05, 3.63) is 103 Å². The molecule has 0 aliphatic heterocycles. The minimum Gasteiger partial charge on any atom is -0.363 e. The van der Waals surface area contributed by atoms with E-state index in [4.69, 9.17) is 16.6 Å². The number of aryl methyl sites for hydroxylation is 3. The summed E-state index contributed by atoms with van der Waals surface area (Å²) in [6.07, 6.45) is 0. The van der Waals surface area contributed by atoms with E-state index in [1.54, 1.807) is 0 Å². The van der Waals surface area contributed by atoms with Gasteiger partial charge in [0.1, 0.15) is 16.8 Å². The number of benzene rings is 3. The number of aromatic nitrogens is 3. The van der Waals surface area contributed by atoms with Gasteiger partial charge in [-0.25, -0.2) is 15.0 Å². The molecule has 0 amide bonds. The summed E-state index contributed by atoms with van der Waals surface area (Å²) in [7, 11) is 0. The summed E-state index contributed by atoms with van der Waals surface area (Å²) >= 11 is 12.9. The van der Waals surface area contributed by atoms with Crippen LogP contribution in [0.15, 0.2) is 75.7 Å². The van der Waals surface area contributed by atoms with Crippen LogP contribution in [-0.2, 0) is 0 Å². The number of nitrogens with zero attached hydrogens (tertiary/aromatic N) is 3. The fourth-order valence-corrected chi connectivity index (χ4v) is 4.86. The molecule has 1 N–H and O–H groups in total. The molecule has 3 aromatic carbocycles. The van der Waals surface area contributed by atoms with Crippen molar-refractivity contribution < 1.29 is 0 Å². The van der Waals surface area contributed by atoms with E-state index in [-0.39, 0.29) is 6.04 Å². The minimum atomic E-state index is 0.205. The molecule has 2 heterocycles. The summed E-state index contributed by atoms with van der Waals surface area (Å²) in [5.41, 5.74) is 4.44. The lowest BCUT2D eigenvalue weighted by Gasteiger charge is -2.17. The van der Waals surface area contributed by atoms with E-state index in [9.17, 15) is 0 Å². The fraction of sp³-hybridized carbons (Fsp3) is 0.179. The number of nitrogens with one attached hydrogen (secondary N) is 1. The molecule has 4 nitrogen and oxygen atoms in total. The van der Waals surface area contributed by atoms with Gasteiger partial charge in [-0.15, -0.1) is 0 Å². The average Bonchev–Trinajstić information content (AvgIpc) is 2.80. The predicted molar refractivity (Wildman–Crippen MR) is 154 cm³/mol. The molecule has 0 aliphatic carbocycles. The Hall–Kier alpha value is -2.54. The van der Waals surface area contributed by atoms with E-state index in [0.717, 1.165) is 36.7 Å². The van der Waals surface area contributed by atoms with Gasteiger partial charge in [0.2, 0.25) is 0 Å². The van der Waals surface area contributed by atoms with Crippen LogP contribution in [-0.4, -0.2) is 15.0 Å². The van der Waals surface area contributed by atoms with Crippen LogP contribution < -0.4 is 5.32 Å². The van der Waals surface area contributed by atoms with E-state index in [1.165, 1.54) is 16.5 Å². The average molecular weight is 613 g/mol. The van der Waals surface area contributed by atoms with Crippen molar-refractivity contribution in [2.75, 3.05) is 5.32 Å². The summed E-state index contributed by atoms with van der Waals surface area (Å²) in [5.74, 6) is 1.63. The Balaban J connectivity index is 0.000000189. The van der Waals surface area contributed by atoms with E-state index in [2.05, 4.69) is 110 Å². The second-order valence-electron chi connectivity index (χ2n) is 8.48. The number of fused-ring (bicyclic) bond motifs is 2. The molecule has 1 atom stereocenters. The van der Waals surface area contributed by atoms with Crippen LogP contribution in [0.25, 0.3) is 21.7 Å². The lowest BCUT2D eigenvalue weighted by atomic mass is 10.1. The lowest BCUT2D eigenvalue weighted by molar-refractivity contribution is 0.874. The van der Waals surface area contributed by atoms with Crippen LogP contribution in [0.3, 0.4) is 0 Å². The van der Waals surface area contributed by atoms with Gasteiger partial charge in [-0.3, -0.25) is 0 Å². The second kappa shape index (κ2) is 11.0. The highest BCUT2D eigenvalue weighted by molar-refractivity contribution is 9.10. The number of pyridine rings is 1. The van der Waals surface area contributed by atoms with Gasteiger partial charge in [0.05, 0.1) is 5.52 Å². The van der Waals surface area contributed by atoms with E-state index in [0.29, 0.717) is 11.0 Å². The molecule has 35 heavy (non-hydrogen) atoms. The van der Waals surface area contributed by atoms with Crippen LogP contribution in [0.5, 0.6) is 0 Å². The fourth-order valence-electron chi connectivity index (χ4n) is 3.86. The Morgan fingerprint density at radius 1 is 0.800 bits per heavy atom. The molecule has 0 aliphatic rings. The maximum atomic E-state index is 5.96. The highest BCUT2D eigenvalue weighted by Crippen LogP contribution is 2.29. The molecule has 2 aromatic heterocycles. The van der Waals surface area contributed by atoms with Crippen molar-refractivity contribution in [3.63, 3.8) is 0 Å². The van der Waals surface area contributed by atoms with Crippen LogP contribution in [0, 0.1) is 20.8 Å². The second-order valence-corrected chi connectivity index (χ2v) is 10.7. The highest BCUT2D eigenvalue weighted by Gasteiger charge is 2.10. The maximum absolute atomic E-state index is 5.96. The number of rotatable bonds is 3. The third-order valence-corrected chi connectivity index (χ3v) is 6.82. The Morgan fingerprint density at radius 2 is 1.51 bits per heavy atom. The van der Waals surface area contributed by atoms with Gasteiger partial charge in [0.25, 0.3) is 0 Å². The summed E-state index contributed by atoms with van der Waals surface area (Å²) in [4.78, 5) is 13.0. The monoisotopic (exact) mass is 610 g/mol. The van der Waals surface area contributed by atoms with Crippen molar-refractivity contribution in [2.24, 2.45) is 0 Å². The van der Waals surface area contributed by atoms with Crippen LogP contribution in [0.4, 0.5) is 5.82 Å². The van der Waals surface area contributed by atoms with Crippen LogP contribution >= 0.6 is 43.5 Å². The van der Waals surface area contributed by atoms with E-state index in [1.807, 2.05) is 32.0 Å². The Bertz CT molecular complexity index is 1520. The topological polar surface area (TPSA) is 50.7 Å². The van der Waals surface area contributed by atoms with Crippen LogP contribution in [0.2, 0.25) is 5.15 Å². The van der Waals surface area contributed by atoms with E-state index < -0.39 is 0 Å².